The molecule has 3 heterocycles. The van der Waals surface area contributed by atoms with Crippen molar-refractivity contribution in [1.29, 1.82) is 0 Å². The van der Waals surface area contributed by atoms with Gasteiger partial charge in [-0.05, 0) is 37.8 Å². The van der Waals surface area contributed by atoms with Crippen LogP contribution in [0.25, 0.3) is 0 Å². The van der Waals surface area contributed by atoms with Gasteiger partial charge < -0.3 is 20.3 Å². The molecule has 0 aliphatic carbocycles. The normalized spacial score (nSPS) is 26.5. The zero-order valence-corrected chi connectivity index (χ0v) is 16.7. The third-order valence-corrected chi connectivity index (χ3v) is 5.48. The highest BCUT2D eigenvalue weighted by atomic mass is 35.5. The van der Waals surface area contributed by atoms with Crippen LogP contribution in [0.2, 0.25) is 0 Å². The Kier molecular flexibility index (Phi) is 7.88. The number of hydrogen-bond acceptors (Lipinski definition) is 5. The first-order valence-electron chi connectivity index (χ1n) is 9.35. The molecule has 2 atom stereocenters. The molecule has 3 rings (SSSR count). The lowest BCUT2D eigenvalue weighted by Gasteiger charge is -2.37. The Bertz CT molecular complexity index is 574. The van der Waals surface area contributed by atoms with Crippen molar-refractivity contribution >= 4 is 18.3 Å². The molecule has 2 unspecified atom stereocenters. The predicted octanol–water partition coefficient (Wildman–Crippen LogP) is 1.39. The number of carbonyl (C=O) groups excluding carboxylic acids is 1. The molecular weight excluding hydrogens is 354 g/mol. The molecule has 2 aliphatic rings. The molecule has 1 aromatic rings. The molecule has 0 radical (unpaired) electrons. The van der Waals surface area contributed by atoms with E-state index in [0.29, 0.717) is 30.0 Å². The summed E-state index contributed by atoms with van der Waals surface area (Å²) >= 11 is 0. The molecule has 0 aromatic carbocycles. The number of nitrogens with one attached hydrogen (secondary N) is 3. The van der Waals surface area contributed by atoms with Crippen LogP contribution in [0.3, 0.4) is 0 Å². The summed E-state index contributed by atoms with van der Waals surface area (Å²) in [5.41, 5.74) is 2.03. The molecule has 2 saturated heterocycles. The molecule has 0 bridgehead atoms. The van der Waals surface area contributed by atoms with Crippen molar-refractivity contribution in [3.05, 3.63) is 17.5 Å². The van der Waals surface area contributed by atoms with Gasteiger partial charge in [-0.2, -0.15) is 5.10 Å². The SMILES string of the molecule is COCCNC(=O)c1cn[nH]c1C1CCCN(CC2(C)CCNC2)C1.Cl. The Morgan fingerprint density at radius 1 is 1.54 bits per heavy atom. The minimum absolute atomic E-state index is 0. The molecule has 2 fully saturated rings. The van der Waals surface area contributed by atoms with Crippen LogP contribution < -0.4 is 10.6 Å². The van der Waals surface area contributed by atoms with E-state index in [0.717, 1.165) is 51.3 Å². The predicted molar refractivity (Wildman–Crippen MR) is 104 cm³/mol. The summed E-state index contributed by atoms with van der Waals surface area (Å²) in [6.45, 7) is 8.91. The topological polar surface area (TPSA) is 82.3 Å². The number of carbonyl (C=O) groups is 1. The fraction of sp³-hybridized carbons (Fsp3) is 0.778. The average molecular weight is 386 g/mol. The van der Waals surface area contributed by atoms with Gasteiger partial charge in [-0.3, -0.25) is 9.89 Å². The summed E-state index contributed by atoms with van der Waals surface area (Å²) < 4.78 is 4.99. The van der Waals surface area contributed by atoms with Crippen molar-refractivity contribution in [2.24, 2.45) is 5.41 Å². The number of rotatable bonds is 7. The summed E-state index contributed by atoms with van der Waals surface area (Å²) in [6, 6.07) is 0. The van der Waals surface area contributed by atoms with E-state index < -0.39 is 0 Å². The van der Waals surface area contributed by atoms with Gasteiger partial charge in [-0.1, -0.05) is 6.92 Å². The fourth-order valence-corrected chi connectivity index (χ4v) is 4.13. The van der Waals surface area contributed by atoms with Gasteiger partial charge in [0.2, 0.25) is 0 Å². The quantitative estimate of drug-likeness (QED) is 0.618. The summed E-state index contributed by atoms with van der Waals surface area (Å²) in [5.74, 6) is 0.280. The molecule has 0 spiro atoms. The van der Waals surface area contributed by atoms with Gasteiger partial charge in [0, 0.05) is 39.2 Å². The molecule has 3 N–H and O–H groups in total. The van der Waals surface area contributed by atoms with E-state index in [9.17, 15) is 4.79 Å². The number of ether oxygens (including phenoxy) is 1. The number of H-pyrrole nitrogens is 1. The van der Waals surface area contributed by atoms with Crippen molar-refractivity contribution in [1.82, 2.24) is 25.7 Å². The number of aromatic nitrogens is 2. The molecular formula is C18H32ClN5O2. The van der Waals surface area contributed by atoms with Gasteiger partial charge in [-0.15, -0.1) is 12.4 Å². The first kappa shape index (κ1) is 21.2. The van der Waals surface area contributed by atoms with Crippen LogP contribution in [-0.2, 0) is 4.74 Å². The van der Waals surface area contributed by atoms with Crippen LogP contribution in [-0.4, -0.2) is 74.0 Å². The van der Waals surface area contributed by atoms with E-state index in [1.807, 2.05) is 0 Å². The summed E-state index contributed by atoms with van der Waals surface area (Å²) in [7, 11) is 1.63. The molecule has 148 valence electrons. The van der Waals surface area contributed by atoms with Crippen molar-refractivity contribution in [3.63, 3.8) is 0 Å². The molecule has 1 amide bonds. The lowest BCUT2D eigenvalue weighted by Crippen LogP contribution is -2.42. The Morgan fingerprint density at radius 3 is 3.12 bits per heavy atom. The van der Waals surface area contributed by atoms with Gasteiger partial charge >= 0.3 is 0 Å². The number of hydrogen-bond donors (Lipinski definition) is 3. The minimum Gasteiger partial charge on any atom is -0.383 e. The molecule has 1 aromatic heterocycles. The number of nitrogens with zero attached hydrogens (tertiary/aromatic N) is 2. The standard InChI is InChI=1S/C18H31N5O2.ClH/c1-18(5-6-19-12-18)13-23-8-3-4-14(11-23)16-15(10-21-22-16)17(24)20-7-9-25-2;/h10,14,19H,3-9,11-13H2,1-2H3,(H,20,24)(H,21,22);1H. The molecule has 26 heavy (non-hydrogen) atoms. The van der Waals surface area contributed by atoms with Crippen molar-refractivity contribution in [2.45, 2.75) is 32.1 Å². The van der Waals surface area contributed by atoms with Crippen LogP contribution >= 0.6 is 12.4 Å². The second kappa shape index (κ2) is 9.69. The van der Waals surface area contributed by atoms with Crippen molar-refractivity contribution in [2.75, 3.05) is 53.0 Å². The van der Waals surface area contributed by atoms with Gasteiger partial charge in [0.1, 0.15) is 0 Å². The highest BCUT2D eigenvalue weighted by Gasteiger charge is 2.33. The average Bonchev–Trinajstić information content (AvgIpc) is 3.24. The maximum Gasteiger partial charge on any atom is 0.254 e. The Balaban J connectivity index is 0.00000243. The van der Waals surface area contributed by atoms with Gasteiger partial charge in [-0.25, -0.2) is 0 Å². The third kappa shape index (κ3) is 5.19. The van der Waals surface area contributed by atoms with Crippen LogP contribution in [0.15, 0.2) is 6.20 Å². The fourth-order valence-electron chi connectivity index (χ4n) is 4.13. The smallest absolute Gasteiger partial charge is 0.254 e. The van der Waals surface area contributed by atoms with E-state index in [2.05, 4.69) is 32.7 Å². The van der Waals surface area contributed by atoms with Crippen molar-refractivity contribution in [3.8, 4) is 0 Å². The van der Waals surface area contributed by atoms with Crippen LogP contribution in [0, 0.1) is 5.41 Å². The first-order valence-corrected chi connectivity index (χ1v) is 9.35. The molecule has 7 nitrogen and oxygen atoms in total. The van der Waals surface area contributed by atoms with Crippen LogP contribution in [0.1, 0.15) is 48.2 Å². The molecule has 8 heteroatoms. The van der Waals surface area contributed by atoms with Gasteiger partial charge in [0.05, 0.1) is 24.1 Å². The van der Waals surface area contributed by atoms with Crippen LogP contribution in [0.5, 0.6) is 0 Å². The highest BCUT2D eigenvalue weighted by molar-refractivity contribution is 5.95. The van der Waals surface area contributed by atoms with Gasteiger partial charge in [0.15, 0.2) is 0 Å². The lowest BCUT2D eigenvalue weighted by molar-refractivity contribution is 0.0933. The number of piperidine rings is 1. The van der Waals surface area contributed by atoms with Gasteiger partial charge in [0.25, 0.3) is 5.91 Å². The summed E-state index contributed by atoms with van der Waals surface area (Å²) in [6.07, 6.45) is 5.16. The Morgan fingerprint density at radius 2 is 2.38 bits per heavy atom. The van der Waals surface area contributed by atoms with E-state index in [1.165, 1.54) is 6.42 Å². The number of methoxy groups -OCH3 is 1. The second-order valence-electron chi connectivity index (χ2n) is 7.76. The largest absolute Gasteiger partial charge is 0.383 e. The minimum atomic E-state index is -0.0649. The Hall–Kier alpha value is -1.15. The number of amides is 1. The number of aromatic amines is 1. The molecule has 0 saturated carbocycles. The maximum atomic E-state index is 12.4. The first-order chi connectivity index (χ1) is 12.1. The number of halogens is 1. The monoisotopic (exact) mass is 385 g/mol. The van der Waals surface area contributed by atoms with E-state index in [-0.39, 0.29) is 18.3 Å². The Labute approximate surface area is 162 Å². The van der Waals surface area contributed by atoms with Crippen molar-refractivity contribution < 1.29 is 9.53 Å². The zero-order chi connectivity index (χ0) is 17.7. The zero-order valence-electron chi connectivity index (χ0n) is 15.8. The second-order valence-corrected chi connectivity index (χ2v) is 7.76. The number of likely N-dealkylation sites (tertiary alicyclic amines) is 1. The third-order valence-electron chi connectivity index (χ3n) is 5.48. The summed E-state index contributed by atoms with van der Waals surface area (Å²) in [4.78, 5) is 15.0. The lowest BCUT2D eigenvalue weighted by atomic mass is 9.86. The van der Waals surface area contributed by atoms with E-state index >= 15 is 0 Å². The van der Waals surface area contributed by atoms with Crippen LogP contribution in [0.4, 0.5) is 0 Å². The van der Waals surface area contributed by atoms with E-state index in [1.54, 1.807) is 13.3 Å². The van der Waals surface area contributed by atoms with E-state index in [4.69, 9.17) is 4.74 Å². The molecule has 2 aliphatic heterocycles. The summed E-state index contributed by atoms with van der Waals surface area (Å²) in [5, 5.41) is 13.6. The maximum absolute atomic E-state index is 12.4. The highest BCUT2D eigenvalue weighted by Crippen LogP contribution is 2.32.